The molecule has 0 aliphatic carbocycles. The highest BCUT2D eigenvalue weighted by Gasteiger charge is 2.11. The number of nitrogens with one attached hydrogen (secondary N) is 2. The quantitative estimate of drug-likeness (QED) is 0.526. The summed E-state index contributed by atoms with van der Waals surface area (Å²) in [6.45, 7) is 4.86. The molecule has 0 heterocycles. The van der Waals surface area contributed by atoms with Crippen molar-refractivity contribution in [2.75, 3.05) is 6.61 Å². The maximum Gasteiger partial charge on any atom is 0.257 e. The van der Waals surface area contributed by atoms with Crippen LogP contribution in [0.2, 0.25) is 0 Å². The first-order chi connectivity index (χ1) is 12.6. The zero-order valence-corrected chi connectivity index (χ0v) is 16.1. The van der Waals surface area contributed by atoms with Gasteiger partial charge in [-0.2, -0.15) is 0 Å². The van der Waals surface area contributed by atoms with Crippen LogP contribution >= 0.6 is 12.2 Å². The molecule has 0 radical (unpaired) electrons. The maximum absolute atomic E-state index is 12.3. The number of hydrogen-bond acceptors (Lipinski definition) is 3. The van der Waals surface area contributed by atoms with E-state index in [0.717, 1.165) is 24.2 Å². The summed E-state index contributed by atoms with van der Waals surface area (Å²) in [6, 6.07) is 17.1. The van der Waals surface area contributed by atoms with Gasteiger partial charge in [0.05, 0.1) is 12.6 Å². The molecule has 26 heavy (non-hydrogen) atoms. The average molecular weight is 371 g/mol. The van der Waals surface area contributed by atoms with Gasteiger partial charge in [-0.3, -0.25) is 10.1 Å². The van der Waals surface area contributed by atoms with Crippen LogP contribution in [0.15, 0.2) is 54.6 Å². The van der Waals surface area contributed by atoms with Crippen molar-refractivity contribution < 1.29 is 9.53 Å². The van der Waals surface area contributed by atoms with E-state index in [9.17, 15) is 4.79 Å². The summed E-state index contributed by atoms with van der Waals surface area (Å²) < 4.78 is 5.66. The number of carbonyl (C=O) groups is 1. The van der Waals surface area contributed by atoms with Gasteiger partial charge < -0.3 is 10.1 Å². The van der Waals surface area contributed by atoms with Crippen molar-refractivity contribution in [2.45, 2.75) is 39.2 Å². The van der Waals surface area contributed by atoms with Gasteiger partial charge >= 0.3 is 0 Å². The largest absolute Gasteiger partial charge is 0.494 e. The van der Waals surface area contributed by atoms with Gasteiger partial charge in [-0.05, 0) is 55.4 Å². The number of rotatable bonds is 8. The Hall–Kier alpha value is -2.40. The van der Waals surface area contributed by atoms with E-state index in [4.69, 9.17) is 17.0 Å². The van der Waals surface area contributed by atoms with Crippen LogP contribution in [0.25, 0.3) is 0 Å². The van der Waals surface area contributed by atoms with Gasteiger partial charge in [0.1, 0.15) is 5.75 Å². The third-order valence-electron chi connectivity index (χ3n) is 4.01. The van der Waals surface area contributed by atoms with Crippen LogP contribution in [-0.2, 0) is 0 Å². The number of unbranched alkanes of at least 4 members (excludes halogenated alkanes) is 2. The summed E-state index contributed by atoms with van der Waals surface area (Å²) in [5.41, 5.74) is 1.65. The standard InChI is InChI=1S/C21H26N2O2S/c1-3-4-8-15-25-19-13-11-18(12-14-19)20(24)23-21(26)22-16(2)17-9-6-5-7-10-17/h5-7,9-14,16H,3-4,8,15H2,1-2H3,(H2,22,23,24,26)/t16-/m0/s1. The van der Waals surface area contributed by atoms with Crippen LogP contribution in [0.5, 0.6) is 5.75 Å². The van der Waals surface area contributed by atoms with Crippen molar-refractivity contribution in [3.05, 3.63) is 65.7 Å². The SMILES string of the molecule is CCCCCOc1ccc(C(=O)NC(=S)N[C@@H](C)c2ccccc2)cc1. The highest BCUT2D eigenvalue weighted by molar-refractivity contribution is 7.80. The molecule has 0 aromatic heterocycles. The van der Waals surface area contributed by atoms with Crippen LogP contribution in [0.4, 0.5) is 0 Å². The predicted molar refractivity (Wildman–Crippen MR) is 110 cm³/mol. The molecule has 0 aliphatic rings. The first-order valence-corrected chi connectivity index (χ1v) is 9.40. The lowest BCUT2D eigenvalue weighted by molar-refractivity contribution is 0.0976. The second-order valence-corrected chi connectivity index (χ2v) is 6.55. The van der Waals surface area contributed by atoms with Crippen molar-refractivity contribution in [1.29, 1.82) is 0 Å². The summed E-state index contributed by atoms with van der Waals surface area (Å²) in [5, 5.41) is 6.15. The van der Waals surface area contributed by atoms with Crippen LogP contribution in [0.1, 0.15) is 55.1 Å². The van der Waals surface area contributed by atoms with Gasteiger partial charge in [0.25, 0.3) is 5.91 Å². The van der Waals surface area contributed by atoms with E-state index in [1.807, 2.05) is 49.4 Å². The molecule has 2 aromatic carbocycles. The number of hydrogen-bond donors (Lipinski definition) is 2. The van der Waals surface area contributed by atoms with E-state index in [1.54, 1.807) is 12.1 Å². The number of thiocarbonyl (C=S) groups is 1. The van der Waals surface area contributed by atoms with E-state index in [1.165, 1.54) is 6.42 Å². The van der Waals surface area contributed by atoms with Crippen molar-refractivity contribution in [3.8, 4) is 5.75 Å². The molecular weight excluding hydrogens is 344 g/mol. The molecule has 0 bridgehead atoms. The van der Waals surface area contributed by atoms with Crippen LogP contribution in [0, 0.1) is 0 Å². The number of benzene rings is 2. The summed E-state index contributed by atoms with van der Waals surface area (Å²) >= 11 is 5.25. The third-order valence-corrected chi connectivity index (χ3v) is 4.23. The van der Waals surface area contributed by atoms with Gasteiger partial charge in [0.2, 0.25) is 0 Å². The fourth-order valence-corrected chi connectivity index (χ4v) is 2.75. The maximum atomic E-state index is 12.3. The Morgan fingerprint density at radius 2 is 1.77 bits per heavy atom. The lowest BCUT2D eigenvalue weighted by Gasteiger charge is -2.16. The third kappa shape index (κ3) is 6.48. The van der Waals surface area contributed by atoms with Gasteiger partial charge in [-0.1, -0.05) is 50.1 Å². The molecule has 4 nitrogen and oxygen atoms in total. The Labute approximate surface area is 161 Å². The van der Waals surface area contributed by atoms with Crippen molar-refractivity contribution in [1.82, 2.24) is 10.6 Å². The van der Waals surface area contributed by atoms with Crippen molar-refractivity contribution in [2.24, 2.45) is 0 Å². The monoisotopic (exact) mass is 370 g/mol. The van der Waals surface area contributed by atoms with Gasteiger partial charge in [-0.15, -0.1) is 0 Å². The Kier molecular flexibility index (Phi) is 8.09. The predicted octanol–water partition coefficient (Wildman–Crippen LogP) is 4.62. The second-order valence-electron chi connectivity index (χ2n) is 6.14. The fraction of sp³-hybridized carbons (Fsp3) is 0.333. The molecule has 0 saturated heterocycles. The first kappa shape index (κ1) is 19.9. The Morgan fingerprint density at radius 3 is 2.42 bits per heavy atom. The summed E-state index contributed by atoms with van der Waals surface area (Å²) in [5.74, 6) is 0.538. The molecule has 2 N–H and O–H groups in total. The van der Waals surface area contributed by atoms with Crippen molar-refractivity contribution >= 4 is 23.2 Å². The topological polar surface area (TPSA) is 50.4 Å². The van der Waals surface area contributed by atoms with Gasteiger partial charge in [0.15, 0.2) is 5.11 Å². The van der Waals surface area contributed by atoms with Gasteiger partial charge in [0, 0.05) is 5.56 Å². The molecule has 0 unspecified atom stereocenters. The number of ether oxygens (including phenoxy) is 1. The Bertz CT molecular complexity index is 702. The summed E-state index contributed by atoms with van der Waals surface area (Å²) in [7, 11) is 0. The molecule has 1 amide bonds. The number of amides is 1. The summed E-state index contributed by atoms with van der Waals surface area (Å²) in [6.07, 6.45) is 3.36. The van der Waals surface area contributed by atoms with E-state index in [2.05, 4.69) is 17.6 Å². The molecule has 0 saturated carbocycles. The molecule has 2 rings (SSSR count). The molecule has 5 heteroatoms. The number of carbonyl (C=O) groups excluding carboxylic acids is 1. The van der Waals surface area contributed by atoms with Crippen molar-refractivity contribution in [3.63, 3.8) is 0 Å². The minimum Gasteiger partial charge on any atom is -0.494 e. The van der Waals surface area contributed by atoms with Gasteiger partial charge in [-0.25, -0.2) is 0 Å². The second kappa shape index (κ2) is 10.6. The zero-order valence-electron chi connectivity index (χ0n) is 15.3. The normalized spacial score (nSPS) is 11.5. The van der Waals surface area contributed by atoms with Crippen LogP contribution < -0.4 is 15.4 Å². The fourth-order valence-electron chi connectivity index (χ4n) is 2.48. The highest BCUT2D eigenvalue weighted by atomic mass is 32.1. The Balaban J connectivity index is 1.82. The lowest BCUT2D eigenvalue weighted by atomic mass is 10.1. The minimum absolute atomic E-state index is 0.0166. The smallest absolute Gasteiger partial charge is 0.257 e. The zero-order chi connectivity index (χ0) is 18.8. The average Bonchev–Trinajstić information content (AvgIpc) is 2.66. The van der Waals surface area contributed by atoms with E-state index in [-0.39, 0.29) is 11.9 Å². The van der Waals surface area contributed by atoms with Crippen LogP contribution in [0.3, 0.4) is 0 Å². The van der Waals surface area contributed by atoms with Crippen LogP contribution in [-0.4, -0.2) is 17.6 Å². The van der Waals surface area contributed by atoms with E-state index in [0.29, 0.717) is 17.3 Å². The molecule has 138 valence electrons. The molecule has 0 fully saturated rings. The highest BCUT2D eigenvalue weighted by Crippen LogP contribution is 2.13. The first-order valence-electron chi connectivity index (χ1n) is 8.99. The molecular formula is C21H26N2O2S. The molecule has 1 atom stereocenters. The lowest BCUT2D eigenvalue weighted by Crippen LogP contribution is -2.40. The minimum atomic E-state index is -0.236. The van der Waals surface area contributed by atoms with E-state index >= 15 is 0 Å². The molecule has 2 aromatic rings. The molecule has 0 aliphatic heterocycles. The Morgan fingerprint density at radius 1 is 1.08 bits per heavy atom. The summed E-state index contributed by atoms with van der Waals surface area (Å²) in [4.78, 5) is 12.3. The molecule has 0 spiro atoms. The van der Waals surface area contributed by atoms with E-state index < -0.39 is 0 Å².